The van der Waals surface area contributed by atoms with Gasteiger partial charge in [0, 0.05) is 12.7 Å². The molecule has 0 saturated carbocycles. The Kier molecular flexibility index (Phi) is 3.27. The summed E-state index contributed by atoms with van der Waals surface area (Å²) in [6.45, 7) is 2.74. The van der Waals surface area contributed by atoms with Crippen LogP contribution in [0.5, 0.6) is 0 Å². The van der Waals surface area contributed by atoms with Crippen LogP contribution in [-0.4, -0.2) is 16.8 Å². The second-order valence-electron chi connectivity index (χ2n) is 3.68. The fourth-order valence-electron chi connectivity index (χ4n) is 1.69. The Morgan fingerprint density at radius 2 is 2.19 bits per heavy atom. The van der Waals surface area contributed by atoms with E-state index in [1.54, 1.807) is 0 Å². The lowest BCUT2D eigenvalue weighted by molar-refractivity contribution is 0.785. The van der Waals surface area contributed by atoms with Crippen LogP contribution in [0.15, 0.2) is 30.5 Å². The predicted molar refractivity (Wildman–Crippen MR) is 66.1 cm³/mol. The summed E-state index contributed by atoms with van der Waals surface area (Å²) < 4.78 is 1.82. The summed E-state index contributed by atoms with van der Waals surface area (Å²) in [7, 11) is 1.92. The van der Waals surface area contributed by atoms with Crippen LogP contribution in [0.1, 0.15) is 11.3 Å². The molecule has 84 valence electrons. The molecule has 2 rings (SSSR count). The quantitative estimate of drug-likeness (QED) is 0.886. The Balaban J connectivity index is 2.53. The minimum absolute atomic E-state index is 0.718. The molecule has 3 nitrogen and oxygen atoms in total. The number of hydrogen-bond donors (Lipinski definition) is 1. The number of hydrogen-bond acceptors (Lipinski definition) is 2. The molecule has 0 aliphatic rings. The van der Waals surface area contributed by atoms with Gasteiger partial charge in [0.2, 0.25) is 0 Å². The van der Waals surface area contributed by atoms with E-state index in [1.165, 1.54) is 0 Å². The van der Waals surface area contributed by atoms with Gasteiger partial charge in [-0.25, -0.2) is 4.68 Å². The summed E-state index contributed by atoms with van der Waals surface area (Å²) >= 11 is 6.22. The summed E-state index contributed by atoms with van der Waals surface area (Å²) in [6.07, 6.45) is 1.93. The van der Waals surface area contributed by atoms with Crippen LogP contribution in [0.4, 0.5) is 0 Å². The van der Waals surface area contributed by atoms with Gasteiger partial charge in [0.15, 0.2) is 0 Å². The number of aromatic nitrogens is 2. The normalized spacial score (nSPS) is 10.7. The largest absolute Gasteiger partial charge is 0.316 e. The first-order valence-electron chi connectivity index (χ1n) is 5.17. The molecule has 1 aromatic heterocycles. The molecule has 1 heterocycles. The van der Waals surface area contributed by atoms with Crippen LogP contribution in [-0.2, 0) is 6.54 Å². The van der Waals surface area contributed by atoms with Crippen LogP contribution in [0.2, 0.25) is 5.02 Å². The van der Waals surface area contributed by atoms with E-state index >= 15 is 0 Å². The lowest BCUT2D eigenvalue weighted by Crippen LogP contribution is -2.09. The molecule has 1 aromatic carbocycles. The Hall–Kier alpha value is -1.32. The van der Waals surface area contributed by atoms with Crippen molar-refractivity contribution in [2.75, 3.05) is 7.05 Å². The molecular weight excluding hydrogens is 222 g/mol. The fraction of sp³-hybridized carbons (Fsp3) is 0.250. The summed E-state index contributed by atoms with van der Waals surface area (Å²) in [5.41, 5.74) is 3.07. The molecule has 1 N–H and O–H groups in total. The third-order valence-corrected chi connectivity index (χ3v) is 2.69. The predicted octanol–water partition coefficient (Wildman–Crippen LogP) is 2.55. The van der Waals surface area contributed by atoms with Crippen LogP contribution in [0, 0.1) is 6.92 Å². The minimum Gasteiger partial charge on any atom is -0.316 e. The molecule has 0 bridgehead atoms. The molecule has 0 amide bonds. The minimum atomic E-state index is 0.718. The van der Waals surface area contributed by atoms with E-state index in [9.17, 15) is 0 Å². The highest BCUT2D eigenvalue weighted by Gasteiger charge is 2.09. The first kappa shape index (κ1) is 11.2. The summed E-state index contributed by atoms with van der Waals surface area (Å²) in [5, 5.41) is 8.24. The zero-order chi connectivity index (χ0) is 11.5. The van der Waals surface area contributed by atoms with Crippen LogP contribution >= 0.6 is 11.6 Å². The summed E-state index contributed by atoms with van der Waals surface area (Å²) in [4.78, 5) is 0. The average molecular weight is 236 g/mol. The van der Waals surface area contributed by atoms with E-state index in [0.717, 1.165) is 28.5 Å². The lowest BCUT2D eigenvalue weighted by Gasteiger charge is -2.10. The van der Waals surface area contributed by atoms with E-state index in [1.807, 2.05) is 43.0 Å². The van der Waals surface area contributed by atoms with Gasteiger partial charge >= 0.3 is 0 Å². The Bertz CT molecular complexity index is 491. The SMILES string of the molecule is CNCc1cccc(Cl)c1-n1ccc(C)n1. The monoisotopic (exact) mass is 235 g/mol. The number of rotatable bonds is 3. The number of halogens is 1. The molecule has 4 heteroatoms. The van der Waals surface area contributed by atoms with Crippen molar-refractivity contribution in [3.8, 4) is 5.69 Å². The van der Waals surface area contributed by atoms with Gasteiger partial charge in [-0.05, 0) is 31.7 Å². The third kappa shape index (κ3) is 2.10. The summed E-state index contributed by atoms with van der Waals surface area (Å²) in [5.74, 6) is 0. The van der Waals surface area contributed by atoms with Crippen molar-refractivity contribution in [3.63, 3.8) is 0 Å². The smallest absolute Gasteiger partial charge is 0.0876 e. The molecule has 0 atom stereocenters. The molecule has 16 heavy (non-hydrogen) atoms. The number of benzene rings is 1. The number of nitrogens with one attached hydrogen (secondary N) is 1. The standard InChI is InChI=1S/C12H14ClN3/c1-9-6-7-16(15-9)12-10(8-14-2)4-3-5-11(12)13/h3-7,14H,8H2,1-2H3. The number of nitrogens with zero attached hydrogens (tertiary/aromatic N) is 2. The van der Waals surface area contributed by atoms with Gasteiger partial charge in [-0.1, -0.05) is 23.7 Å². The molecule has 0 saturated heterocycles. The highest BCUT2D eigenvalue weighted by molar-refractivity contribution is 6.32. The number of para-hydroxylation sites is 1. The van der Waals surface area contributed by atoms with Crippen molar-refractivity contribution in [2.24, 2.45) is 0 Å². The zero-order valence-corrected chi connectivity index (χ0v) is 10.1. The molecule has 0 spiro atoms. The lowest BCUT2D eigenvalue weighted by atomic mass is 10.2. The van der Waals surface area contributed by atoms with E-state index in [4.69, 9.17) is 11.6 Å². The van der Waals surface area contributed by atoms with Gasteiger partial charge in [-0.3, -0.25) is 0 Å². The maximum absolute atomic E-state index is 6.22. The van der Waals surface area contributed by atoms with Crippen molar-refractivity contribution < 1.29 is 0 Å². The van der Waals surface area contributed by atoms with Crippen LogP contribution in [0.3, 0.4) is 0 Å². The Labute approximate surface area is 100 Å². The van der Waals surface area contributed by atoms with Crippen molar-refractivity contribution in [2.45, 2.75) is 13.5 Å². The fourth-order valence-corrected chi connectivity index (χ4v) is 1.97. The molecule has 2 aromatic rings. The van der Waals surface area contributed by atoms with Gasteiger partial charge in [0.05, 0.1) is 16.4 Å². The average Bonchev–Trinajstić information content (AvgIpc) is 2.65. The van der Waals surface area contributed by atoms with Gasteiger partial charge in [0.1, 0.15) is 0 Å². The zero-order valence-electron chi connectivity index (χ0n) is 9.37. The molecule has 0 unspecified atom stereocenters. The Morgan fingerprint density at radius 3 is 2.81 bits per heavy atom. The second kappa shape index (κ2) is 4.68. The van der Waals surface area contributed by atoms with Gasteiger partial charge in [-0.2, -0.15) is 5.10 Å². The maximum Gasteiger partial charge on any atom is 0.0876 e. The maximum atomic E-state index is 6.22. The van der Waals surface area contributed by atoms with Crippen LogP contribution < -0.4 is 5.32 Å². The van der Waals surface area contributed by atoms with Crippen molar-refractivity contribution in [1.29, 1.82) is 0 Å². The summed E-state index contributed by atoms with van der Waals surface area (Å²) in [6, 6.07) is 7.85. The van der Waals surface area contributed by atoms with E-state index in [0.29, 0.717) is 0 Å². The first-order chi connectivity index (χ1) is 7.72. The van der Waals surface area contributed by atoms with E-state index < -0.39 is 0 Å². The Morgan fingerprint density at radius 1 is 1.38 bits per heavy atom. The van der Waals surface area contributed by atoms with Gasteiger partial charge in [-0.15, -0.1) is 0 Å². The number of aryl methyl sites for hydroxylation is 1. The first-order valence-corrected chi connectivity index (χ1v) is 5.55. The molecule has 0 aliphatic carbocycles. The van der Waals surface area contributed by atoms with Crippen molar-refractivity contribution in [3.05, 3.63) is 46.7 Å². The highest BCUT2D eigenvalue weighted by atomic mass is 35.5. The molecule has 0 radical (unpaired) electrons. The second-order valence-corrected chi connectivity index (χ2v) is 4.09. The van der Waals surface area contributed by atoms with E-state index in [2.05, 4.69) is 16.5 Å². The van der Waals surface area contributed by atoms with Gasteiger partial charge < -0.3 is 5.32 Å². The van der Waals surface area contributed by atoms with Crippen LogP contribution in [0.25, 0.3) is 5.69 Å². The topological polar surface area (TPSA) is 29.9 Å². The van der Waals surface area contributed by atoms with Crippen molar-refractivity contribution in [1.82, 2.24) is 15.1 Å². The van der Waals surface area contributed by atoms with Crippen molar-refractivity contribution >= 4 is 11.6 Å². The van der Waals surface area contributed by atoms with Gasteiger partial charge in [0.25, 0.3) is 0 Å². The highest BCUT2D eigenvalue weighted by Crippen LogP contribution is 2.24. The molecule has 0 aliphatic heterocycles. The third-order valence-electron chi connectivity index (χ3n) is 2.39. The van der Waals surface area contributed by atoms with E-state index in [-0.39, 0.29) is 0 Å². The molecule has 0 fully saturated rings. The molecular formula is C12H14ClN3.